The zero-order valence-electron chi connectivity index (χ0n) is 11.5. The van der Waals surface area contributed by atoms with Crippen LogP contribution in [0.15, 0.2) is 36.4 Å². The zero-order chi connectivity index (χ0) is 14.7. The van der Waals surface area contributed by atoms with Gasteiger partial charge in [-0.1, -0.05) is 12.1 Å². The van der Waals surface area contributed by atoms with Crippen molar-refractivity contribution in [2.24, 2.45) is 0 Å². The van der Waals surface area contributed by atoms with Gasteiger partial charge in [0.1, 0.15) is 0 Å². The molecule has 2 aromatic rings. The van der Waals surface area contributed by atoms with Crippen molar-refractivity contribution in [3.63, 3.8) is 0 Å². The Hall–Kier alpha value is -2.56. The first-order valence-corrected chi connectivity index (χ1v) is 6.24. The Morgan fingerprint density at radius 2 is 2.00 bits per heavy atom. The third kappa shape index (κ3) is 2.88. The van der Waals surface area contributed by atoms with Crippen molar-refractivity contribution in [2.45, 2.75) is 13.5 Å². The predicted octanol–water partition coefficient (Wildman–Crippen LogP) is 2.31. The molecule has 0 aliphatic rings. The van der Waals surface area contributed by atoms with Gasteiger partial charge >= 0.3 is 5.97 Å². The lowest BCUT2D eigenvalue weighted by molar-refractivity contribution is 0.0698. The highest BCUT2D eigenvalue weighted by Gasteiger charge is 2.14. The fourth-order valence-corrected chi connectivity index (χ4v) is 2.09. The molecular formula is C15H17N3O2. The van der Waals surface area contributed by atoms with E-state index >= 15 is 0 Å². The van der Waals surface area contributed by atoms with E-state index in [2.05, 4.69) is 4.98 Å². The number of nitrogen functional groups attached to an aromatic ring is 1. The molecule has 5 heteroatoms. The molecule has 0 spiro atoms. The van der Waals surface area contributed by atoms with E-state index in [0.717, 1.165) is 11.4 Å². The van der Waals surface area contributed by atoms with E-state index in [1.807, 2.05) is 37.1 Å². The molecule has 5 nitrogen and oxygen atoms in total. The van der Waals surface area contributed by atoms with Crippen molar-refractivity contribution in [1.82, 2.24) is 4.98 Å². The third-order valence-corrected chi connectivity index (χ3v) is 3.07. The number of hydrogen-bond acceptors (Lipinski definition) is 4. The van der Waals surface area contributed by atoms with Gasteiger partial charge in [0.2, 0.25) is 0 Å². The predicted molar refractivity (Wildman–Crippen MR) is 78.9 cm³/mol. The summed E-state index contributed by atoms with van der Waals surface area (Å²) in [5, 5.41) is 9.09. The largest absolute Gasteiger partial charge is 0.478 e. The van der Waals surface area contributed by atoms with Crippen molar-refractivity contribution in [3.8, 4) is 0 Å². The van der Waals surface area contributed by atoms with E-state index in [-0.39, 0.29) is 11.3 Å². The van der Waals surface area contributed by atoms with E-state index in [1.165, 1.54) is 6.07 Å². The molecule has 104 valence electrons. The Bertz CT molecular complexity index is 641. The number of rotatable bonds is 4. The number of aromatic carboxylic acids is 1. The minimum Gasteiger partial charge on any atom is -0.478 e. The maximum absolute atomic E-state index is 11.1. The first kappa shape index (κ1) is 13.9. The number of nitrogens with zero attached hydrogens (tertiary/aromatic N) is 2. The average Bonchev–Trinajstić information content (AvgIpc) is 2.38. The normalized spacial score (nSPS) is 10.3. The molecule has 0 fully saturated rings. The molecule has 1 aromatic heterocycles. The number of aromatic nitrogens is 1. The number of benzene rings is 1. The van der Waals surface area contributed by atoms with E-state index in [0.29, 0.717) is 12.2 Å². The quantitative estimate of drug-likeness (QED) is 0.834. The molecule has 0 aliphatic carbocycles. The van der Waals surface area contributed by atoms with Crippen LogP contribution in [0, 0.1) is 6.92 Å². The SMILES string of the molecule is Cc1cccc(CN(C)c2cccc(C(=O)O)c2N)n1. The second-order valence-electron chi connectivity index (χ2n) is 4.67. The van der Waals surface area contributed by atoms with Crippen LogP contribution in [-0.2, 0) is 6.54 Å². The minimum absolute atomic E-state index is 0.117. The van der Waals surface area contributed by atoms with Crippen LogP contribution in [0.3, 0.4) is 0 Å². The lowest BCUT2D eigenvalue weighted by Gasteiger charge is -2.21. The lowest BCUT2D eigenvalue weighted by Crippen LogP contribution is -2.19. The highest BCUT2D eigenvalue weighted by Crippen LogP contribution is 2.26. The van der Waals surface area contributed by atoms with Crippen LogP contribution in [-0.4, -0.2) is 23.1 Å². The number of carboxylic acid groups (broad SMARTS) is 1. The van der Waals surface area contributed by atoms with Gasteiger partial charge in [0, 0.05) is 12.7 Å². The molecule has 0 saturated heterocycles. The van der Waals surface area contributed by atoms with E-state index in [4.69, 9.17) is 10.8 Å². The third-order valence-electron chi connectivity index (χ3n) is 3.07. The smallest absolute Gasteiger partial charge is 0.337 e. The van der Waals surface area contributed by atoms with E-state index in [9.17, 15) is 4.79 Å². The highest BCUT2D eigenvalue weighted by atomic mass is 16.4. The molecule has 0 radical (unpaired) electrons. The van der Waals surface area contributed by atoms with Gasteiger partial charge in [-0.2, -0.15) is 0 Å². The molecule has 0 amide bonds. The van der Waals surface area contributed by atoms with Crippen molar-refractivity contribution >= 4 is 17.3 Å². The molecule has 0 aliphatic heterocycles. The number of pyridine rings is 1. The Morgan fingerprint density at radius 3 is 2.65 bits per heavy atom. The standard InChI is InChI=1S/C15H17N3O2/c1-10-5-3-6-11(17-10)9-18(2)13-8-4-7-12(14(13)16)15(19)20/h3-8H,9,16H2,1-2H3,(H,19,20). The van der Waals surface area contributed by atoms with Gasteiger partial charge in [0.15, 0.2) is 0 Å². The van der Waals surface area contributed by atoms with Crippen LogP contribution < -0.4 is 10.6 Å². The fourth-order valence-electron chi connectivity index (χ4n) is 2.09. The number of carboxylic acids is 1. The number of para-hydroxylation sites is 1. The zero-order valence-corrected chi connectivity index (χ0v) is 11.5. The summed E-state index contributed by atoms with van der Waals surface area (Å²) in [5.41, 5.74) is 8.86. The summed E-state index contributed by atoms with van der Waals surface area (Å²) >= 11 is 0. The van der Waals surface area contributed by atoms with Crippen molar-refractivity contribution in [3.05, 3.63) is 53.3 Å². The Balaban J connectivity index is 2.28. The fraction of sp³-hybridized carbons (Fsp3) is 0.200. The minimum atomic E-state index is -1.02. The Morgan fingerprint density at radius 1 is 1.30 bits per heavy atom. The highest BCUT2D eigenvalue weighted by molar-refractivity contribution is 5.97. The molecule has 0 unspecified atom stereocenters. The van der Waals surface area contributed by atoms with Crippen LogP contribution >= 0.6 is 0 Å². The molecule has 0 bridgehead atoms. The molecular weight excluding hydrogens is 254 g/mol. The number of hydrogen-bond donors (Lipinski definition) is 2. The van der Waals surface area contributed by atoms with Gasteiger partial charge in [-0.25, -0.2) is 4.79 Å². The lowest BCUT2D eigenvalue weighted by atomic mass is 10.1. The summed E-state index contributed by atoms with van der Waals surface area (Å²) in [7, 11) is 1.86. The molecule has 1 aromatic carbocycles. The van der Waals surface area contributed by atoms with Gasteiger partial charge in [-0.15, -0.1) is 0 Å². The molecule has 3 N–H and O–H groups in total. The molecule has 2 rings (SSSR count). The van der Waals surface area contributed by atoms with Crippen LogP contribution in [0.25, 0.3) is 0 Å². The van der Waals surface area contributed by atoms with Crippen molar-refractivity contribution in [1.29, 1.82) is 0 Å². The van der Waals surface area contributed by atoms with Gasteiger partial charge in [0.25, 0.3) is 0 Å². The average molecular weight is 271 g/mol. The summed E-state index contributed by atoms with van der Waals surface area (Å²) < 4.78 is 0. The molecule has 0 atom stereocenters. The Kier molecular flexibility index (Phi) is 3.89. The number of carbonyl (C=O) groups is 1. The van der Waals surface area contributed by atoms with Crippen LogP contribution in [0.5, 0.6) is 0 Å². The number of nitrogens with two attached hydrogens (primary N) is 1. The van der Waals surface area contributed by atoms with Crippen LogP contribution in [0.1, 0.15) is 21.7 Å². The van der Waals surface area contributed by atoms with Crippen molar-refractivity contribution < 1.29 is 9.90 Å². The van der Waals surface area contributed by atoms with Gasteiger partial charge in [0.05, 0.1) is 29.2 Å². The molecule has 1 heterocycles. The summed E-state index contributed by atoms with van der Waals surface area (Å²) in [6.45, 7) is 2.50. The molecule has 0 saturated carbocycles. The first-order valence-electron chi connectivity index (χ1n) is 6.24. The second-order valence-corrected chi connectivity index (χ2v) is 4.67. The van der Waals surface area contributed by atoms with Crippen molar-refractivity contribution in [2.75, 3.05) is 17.7 Å². The van der Waals surface area contributed by atoms with Gasteiger partial charge in [-0.05, 0) is 31.2 Å². The topological polar surface area (TPSA) is 79.5 Å². The maximum atomic E-state index is 11.1. The second kappa shape index (κ2) is 5.61. The van der Waals surface area contributed by atoms with E-state index in [1.54, 1.807) is 12.1 Å². The van der Waals surface area contributed by atoms with Crippen LogP contribution in [0.2, 0.25) is 0 Å². The van der Waals surface area contributed by atoms with Crippen LogP contribution in [0.4, 0.5) is 11.4 Å². The first-order chi connectivity index (χ1) is 9.49. The number of anilines is 2. The Labute approximate surface area is 117 Å². The van der Waals surface area contributed by atoms with E-state index < -0.39 is 5.97 Å². The van der Waals surface area contributed by atoms with Gasteiger partial charge < -0.3 is 15.7 Å². The maximum Gasteiger partial charge on any atom is 0.337 e. The van der Waals surface area contributed by atoms with Gasteiger partial charge in [-0.3, -0.25) is 4.98 Å². The summed E-state index contributed by atoms with van der Waals surface area (Å²) in [5.74, 6) is -1.02. The summed E-state index contributed by atoms with van der Waals surface area (Å²) in [6.07, 6.45) is 0. The monoisotopic (exact) mass is 271 g/mol. The summed E-state index contributed by atoms with van der Waals surface area (Å²) in [6, 6.07) is 10.8. The summed E-state index contributed by atoms with van der Waals surface area (Å²) in [4.78, 5) is 17.4. The number of aryl methyl sites for hydroxylation is 1. The molecule has 20 heavy (non-hydrogen) atoms.